The highest BCUT2D eigenvalue weighted by atomic mass is 32.1. The Kier molecular flexibility index (Phi) is 3.91. The number of carbonyl (C=O) groups is 1. The van der Waals surface area contributed by atoms with Gasteiger partial charge in [-0.3, -0.25) is 10.1 Å². The molecule has 0 atom stereocenters. The van der Waals surface area contributed by atoms with Crippen LogP contribution in [0, 0.1) is 17.8 Å². The first kappa shape index (κ1) is 18.6. The summed E-state index contributed by atoms with van der Waals surface area (Å²) in [5, 5.41) is 10.2. The summed E-state index contributed by atoms with van der Waals surface area (Å²) in [6.45, 7) is 0. The fourth-order valence-corrected chi connectivity index (χ4v) is 7.65. The highest BCUT2D eigenvalue weighted by molar-refractivity contribution is 7.14. The summed E-state index contributed by atoms with van der Waals surface area (Å²) >= 11 is 1.52. The van der Waals surface area contributed by atoms with Gasteiger partial charge >= 0.3 is 0 Å². The number of furan rings is 1. The molecule has 8 rings (SSSR count). The van der Waals surface area contributed by atoms with Gasteiger partial charge in [0, 0.05) is 17.0 Å². The van der Waals surface area contributed by atoms with E-state index in [-0.39, 0.29) is 11.3 Å². The van der Waals surface area contributed by atoms with Gasteiger partial charge in [-0.2, -0.15) is 5.10 Å². The SMILES string of the molecule is O=C(Nc1nc(C23CC4CC(CC(C4)C2)C3)cs1)c1cnn2c(-c3ccco3)ccnc12. The zero-order chi connectivity index (χ0) is 21.3. The summed E-state index contributed by atoms with van der Waals surface area (Å²) in [4.78, 5) is 22.4. The Labute approximate surface area is 188 Å². The molecule has 4 bridgehead atoms. The third-order valence-corrected chi connectivity index (χ3v) is 8.48. The van der Waals surface area contributed by atoms with E-state index >= 15 is 0 Å². The summed E-state index contributed by atoms with van der Waals surface area (Å²) in [6.07, 6.45) is 12.9. The average molecular weight is 446 g/mol. The van der Waals surface area contributed by atoms with Crippen LogP contribution in [-0.2, 0) is 5.41 Å². The standard InChI is InChI=1S/C24H23N5O2S/c30-22(17-12-26-29-18(3-4-25-21(17)29)19-2-1-5-31-19)28-23-27-20(13-32-23)24-9-14-6-15(10-24)8-16(7-14)11-24/h1-5,12-16H,6-11H2,(H,27,28,30). The lowest BCUT2D eigenvalue weighted by Crippen LogP contribution is -2.48. The number of carbonyl (C=O) groups excluding carboxylic acids is 1. The van der Waals surface area contributed by atoms with Gasteiger partial charge in [0.25, 0.3) is 5.91 Å². The first-order valence-electron chi connectivity index (χ1n) is 11.3. The fourth-order valence-electron chi connectivity index (χ4n) is 6.83. The van der Waals surface area contributed by atoms with Crippen LogP contribution < -0.4 is 5.32 Å². The molecule has 0 radical (unpaired) electrons. The van der Waals surface area contributed by atoms with Crippen molar-refractivity contribution in [1.29, 1.82) is 0 Å². The molecule has 4 aliphatic rings. The molecule has 4 aromatic rings. The second kappa shape index (κ2) is 6.75. The van der Waals surface area contributed by atoms with Crippen molar-refractivity contribution in [3.05, 3.63) is 53.5 Å². The molecule has 8 heteroatoms. The average Bonchev–Trinajstić information content (AvgIpc) is 3.53. The van der Waals surface area contributed by atoms with Gasteiger partial charge in [-0.25, -0.2) is 14.5 Å². The summed E-state index contributed by atoms with van der Waals surface area (Å²) in [5.41, 5.74) is 3.09. The quantitative estimate of drug-likeness (QED) is 0.469. The lowest BCUT2D eigenvalue weighted by atomic mass is 9.49. The molecule has 0 aromatic carbocycles. The van der Waals surface area contributed by atoms with E-state index < -0.39 is 0 Å². The Morgan fingerprint density at radius 1 is 1.16 bits per heavy atom. The number of hydrogen-bond acceptors (Lipinski definition) is 6. The van der Waals surface area contributed by atoms with Crippen LogP contribution in [-0.4, -0.2) is 25.5 Å². The zero-order valence-electron chi connectivity index (χ0n) is 17.5. The maximum atomic E-state index is 13.1. The van der Waals surface area contributed by atoms with Crippen LogP contribution in [0.25, 0.3) is 17.1 Å². The maximum Gasteiger partial charge on any atom is 0.262 e. The summed E-state index contributed by atoms with van der Waals surface area (Å²) in [5.74, 6) is 3.04. The number of anilines is 1. The van der Waals surface area contributed by atoms with Crippen LogP contribution in [0.3, 0.4) is 0 Å². The number of nitrogens with zero attached hydrogens (tertiary/aromatic N) is 4. The van der Waals surface area contributed by atoms with Crippen molar-refractivity contribution in [2.24, 2.45) is 17.8 Å². The molecule has 4 fully saturated rings. The number of rotatable bonds is 4. The summed E-state index contributed by atoms with van der Waals surface area (Å²) < 4.78 is 7.13. The van der Waals surface area contributed by atoms with Gasteiger partial charge in [0.05, 0.1) is 18.2 Å². The smallest absolute Gasteiger partial charge is 0.262 e. The molecule has 7 nitrogen and oxygen atoms in total. The number of nitrogens with one attached hydrogen (secondary N) is 1. The first-order valence-corrected chi connectivity index (χ1v) is 12.2. The Hall–Kier alpha value is -3.00. The lowest BCUT2D eigenvalue weighted by molar-refractivity contribution is -0.00688. The van der Waals surface area contributed by atoms with Gasteiger partial charge in [-0.05, 0) is 74.5 Å². The zero-order valence-corrected chi connectivity index (χ0v) is 18.3. The van der Waals surface area contributed by atoms with Gasteiger partial charge in [0.1, 0.15) is 11.3 Å². The molecule has 162 valence electrons. The van der Waals surface area contributed by atoms with Crippen molar-refractivity contribution >= 4 is 28.0 Å². The fraction of sp³-hybridized carbons (Fsp3) is 0.417. The summed E-state index contributed by atoms with van der Waals surface area (Å²) in [7, 11) is 0. The maximum absolute atomic E-state index is 13.1. The topological polar surface area (TPSA) is 85.3 Å². The van der Waals surface area contributed by atoms with E-state index in [1.54, 1.807) is 23.2 Å². The number of amides is 1. The second-order valence-electron chi connectivity index (χ2n) is 9.79. The number of fused-ring (bicyclic) bond motifs is 1. The second-order valence-corrected chi connectivity index (χ2v) is 10.6. The molecular weight excluding hydrogens is 422 g/mol. The van der Waals surface area contributed by atoms with E-state index in [0.29, 0.717) is 22.1 Å². The van der Waals surface area contributed by atoms with Crippen molar-refractivity contribution in [3.63, 3.8) is 0 Å². The Morgan fingerprint density at radius 2 is 1.94 bits per heavy atom. The van der Waals surface area contributed by atoms with E-state index in [9.17, 15) is 4.79 Å². The molecule has 1 amide bonds. The molecule has 0 saturated heterocycles. The Balaban J connectivity index is 1.16. The van der Waals surface area contributed by atoms with Crippen molar-refractivity contribution in [1.82, 2.24) is 19.6 Å². The number of hydrogen-bond donors (Lipinski definition) is 1. The first-order chi connectivity index (χ1) is 15.7. The third-order valence-electron chi connectivity index (χ3n) is 7.73. The monoisotopic (exact) mass is 445 g/mol. The molecule has 32 heavy (non-hydrogen) atoms. The highest BCUT2D eigenvalue weighted by Crippen LogP contribution is 2.60. The van der Waals surface area contributed by atoms with Gasteiger partial charge in [-0.1, -0.05) is 0 Å². The van der Waals surface area contributed by atoms with Crippen molar-refractivity contribution in [3.8, 4) is 11.5 Å². The minimum Gasteiger partial charge on any atom is -0.463 e. The molecule has 4 heterocycles. The lowest BCUT2D eigenvalue weighted by Gasteiger charge is -2.56. The highest BCUT2D eigenvalue weighted by Gasteiger charge is 2.52. The van der Waals surface area contributed by atoms with Crippen molar-refractivity contribution in [2.75, 3.05) is 5.32 Å². The molecule has 4 saturated carbocycles. The minimum absolute atomic E-state index is 0.234. The van der Waals surface area contributed by atoms with Crippen LogP contribution in [0.5, 0.6) is 0 Å². The molecule has 0 aliphatic heterocycles. The van der Waals surface area contributed by atoms with Gasteiger partial charge < -0.3 is 4.42 Å². The normalized spacial score (nSPS) is 28.4. The van der Waals surface area contributed by atoms with Crippen LogP contribution in [0.1, 0.15) is 54.6 Å². The largest absolute Gasteiger partial charge is 0.463 e. The van der Waals surface area contributed by atoms with Crippen LogP contribution in [0.15, 0.2) is 46.7 Å². The molecule has 1 N–H and O–H groups in total. The number of aromatic nitrogens is 4. The molecule has 0 spiro atoms. The Morgan fingerprint density at radius 3 is 2.66 bits per heavy atom. The van der Waals surface area contributed by atoms with Crippen LogP contribution >= 0.6 is 11.3 Å². The molecular formula is C24H23N5O2S. The summed E-state index contributed by atoms with van der Waals surface area (Å²) in [6, 6.07) is 5.50. The van der Waals surface area contributed by atoms with Crippen LogP contribution in [0.2, 0.25) is 0 Å². The van der Waals surface area contributed by atoms with Crippen molar-refractivity contribution in [2.45, 2.75) is 43.9 Å². The van der Waals surface area contributed by atoms with E-state index in [1.165, 1.54) is 55.6 Å². The molecule has 0 unspecified atom stereocenters. The van der Waals surface area contributed by atoms with E-state index in [2.05, 4.69) is 20.8 Å². The number of thiazole rings is 1. The van der Waals surface area contributed by atoms with Gasteiger partial charge in [-0.15, -0.1) is 11.3 Å². The Bertz CT molecular complexity index is 1290. The van der Waals surface area contributed by atoms with Crippen LogP contribution in [0.4, 0.5) is 5.13 Å². The predicted molar refractivity (Wildman–Crippen MR) is 121 cm³/mol. The minimum atomic E-state index is -0.240. The van der Waals surface area contributed by atoms with E-state index in [1.807, 2.05) is 18.2 Å². The van der Waals surface area contributed by atoms with Crippen molar-refractivity contribution < 1.29 is 9.21 Å². The van der Waals surface area contributed by atoms with Gasteiger partial charge in [0.2, 0.25) is 0 Å². The predicted octanol–water partition coefficient (Wildman–Crippen LogP) is 5.17. The van der Waals surface area contributed by atoms with E-state index in [4.69, 9.17) is 9.40 Å². The third kappa shape index (κ3) is 2.78. The molecule has 4 aliphatic carbocycles. The van der Waals surface area contributed by atoms with Gasteiger partial charge in [0.15, 0.2) is 16.5 Å². The van der Waals surface area contributed by atoms with E-state index in [0.717, 1.165) is 23.4 Å². The molecule has 4 aromatic heterocycles.